The van der Waals surface area contributed by atoms with Gasteiger partial charge in [0.1, 0.15) is 5.69 Å². The standard InChI is InChI=1S/C14H18N4O3/c1-17-13(20)5-3-11(16-17)14(21)18-7-6-10-9(8-18)2-4-12(19)15-10/h3,5,9-10H,2,4,6-8H2,1H3,(H,15,19). The number of nitrogens with one attached hydrogen (secondary N) is 1. The second-order valence-corrected chi connectivity index (χ2v) is 5.69. The maximum absolute atomic E-state index is 12.5. The summed E-state index contributed by atoms with van der Waals surface area (Å²) >= 11 is 0. The molecule has 2 aliphatic rings. The van der Waals surface area contributed by atoms with Gasteiger partial charge in [-0.1, -0.05) is 0 Å². The van der Waals surface area contributed by atoms with Gasteiger partial charge in [0.05, 0.1) is 0 Å². The Kier molecular flexibility index (Phi) is 3.48. The summed E-state index contributed by atoms with van der Waals surface area (Å²) in [7, 11) is 1.53. The van der Waals surface area contributed by atoms with Crippen LogP contribution in [0.2, 0.25) is 0 Å². The zero-order valence-electron chi connectivity index (χ0n) is 11.9. The third-order valence-electron chi connectivity index (χ3n) is 4.29. The zero-order chi connectivity index (χ0) is 15.0. The van der Waals surface area contributed by atoms with Crippen LogP contribution in [-0.2, 0) is 11.8 Å². The van der Waals surface area contributed by atoms with Crippen LogP contribution in [0.1, 0.15) is 29.8 Å². The third kappa shape index (κ3) is 2.68. The van der Waals surface area contributed by atoms with E-state index in [0.717, 1.165) is 12.8 Å². The van der Waals surface area contributed by atoms with E-state index in [0.29, 0.717) is 25.4 Å². The first kappa shape index (κ1) is 13.8. The predicted molar refractivity (Wildman–Crippen MR) is 74.7 cm³/mol. The van der Waals surface area contributed by atoms with Crippen LogP contribution in [0.25, 0.3) is 0 Å². The Morgan fingerprint density at radius 3 is 2.90 bits per heavy atom. The van der Waals surface area contributed by atoms with Gasteiger partial charge in [0, 0.05) is 38.7 Å². The van der Waals surface area contributed by atoms with E-state index in [4.69, 9.17) is 0 Å². The lowest BCUT2D eigenvalue weighted by Gasteiger charge is -2.41. The van der Waals surface area contributed by atoms with Crippen molar-refractivity contribution < 1.29 is 9.59 Å². The lowest BCUT2D eigenvalue weighted by molar-refractivity contribution is -0.125. The summed E-state index contributed by atoms with van der Waals surface area (Å²) in [6, 6.07) is 3.01. The number of likely N-dealkylation sites (tertiary alicyclic amines) is 1. The quantitative estimate of drug-likeness (QED) is 0.757. The van der Waals surface area contributed by atoms with Gasteiger partial charge in [0.15, 0.2) is 0 Å². The highest BCUT2D eigenvalue weighted by Gasteiger charge is 2.35. The molecule has 1 aromatic rings. The van der Waals surface area contributed by atoms with Gasteiger partial charge in [-0.05, 0) is 24.8 Å². The van der Waals surface area contributed by atoms with Crippen LogP contribution in [0, 0.1) is 5.92 Å². The van der Waals surface area contributed by atoms with Gasteiger partial charge in [0.25, 0.3) is 11.5 Å². The van der Waals surface area contributed by atoms with E-state index < -0.39 is 0 Å². The molecule has 1 aromatic heterocycles. The summed E-state index contributed by atoms with van der Waals surface area (Å²) < 4.78 is 1.17. The normalized spacial score (nSPS) is 25.2. The van der Waals surface area contributed by atoms with Gasteiger partial charge in [-0.2, -0.15) is 5.10 Å². The Balaban J connectivity index is 1.73. The first-order chi connectivity index (χ1) is 10.0. The fraction of sp³-hybridized carbons (Fsp3) is 0.571. The number of carbonyl (C=O) groups excluding carboxylic acids is 2. The number of aryl methyl sites for hydroxylation is 1. The molecular formula is C14H18N4O3. The number of piperidine rings is 2. The number of amides is 2. The molecule has 7 nitrogen and oxygen atoms in total. The van der Waals surface area contributed by atoms with E-state index in [1.807, 2.05) is 0 Å². The molecule has 112 valence electrons. The second-order valence-electron chi connectivity index (χ2n) is 5.69. The van der Waals surface area contributed by atoms with Gasteiger partial charge < -0.3 is 10.2 Å². The minimum atomic E-state index is -0.236. The number of aromatic nitrogens is 2. The van der Waals surface area contributed by atoms with Crippen LogP contribution < -0.4 is 10.9 Å². The van der Waals surface area contributed by atoms with Crippen molar-refractivity contribution in [1.29, 1.82) is 0 Å². The van der Waals surface area contributed by atoms with Crippen LogP contribution in [0.4, 0.5) is 0 Å². The smallest absolute Gasteiger partial charge is 0.274 e. The Morgan fingerprint density at radius 2 is 2.14 bits per heavy atom. The van der Waals surface area contributed by atoms with Crippen molar-refractivity contribution in [1.82, 2.24) is 20.0 Å². The minimum Gasteiger partial charge on any atom is -0.353 e. The fourth-order valence-electron chi connectivity index (χ4n) is 3.07. The molecule has 0 saturated carbocycles. The Hall–Kier alpha value is -2.18. The van der Waals surface area contributed by atoms with Crippen molar-refractivity contribution in [2.24, 2.45) is 13.0 Å². The molecule has 21 heavy (non-hydrogen) atoms. The van der Waals surface area contributed by atoms with Crippen molar-refractivity contribution in [2.45, 2.75) is 25.3 Å². The number of fused-ring (bicyclic) bond motifs is 1. The molecule has 3 heterocycles. The molecule has 2 saturated heterocycles. The summed E-state index contributed by atoms with van der Waals surface area (Å²) in [4.78, 5) is 36.9. The molecule has 2 unspecified atom stereocenters. The van der Waals surface area contributed by atoms with Gasteiger partial charge in [0.2, 0.25) is 5.91 Å². The van der Waals surface area contributed by atoms with E-state index in [1.54, 1.807) is 4.90 Å². The zero-order valence-corrected chi connectivity index (χ0v) is 11.9. The average molecular weight is 290 g/mol. The molecule has 3 rings (SSSR count). The first-order valence-corrected chi connectivity index (χ1v) is 7.17. The van der Waals surface area contributed by atoms with Gasteiger partial charge in [-0.3, -0.25) is 14.4 Å². The summed E-state index contributed by atoms with van der Waals surface area (Å²) in [5, 5.41) is 7.00. The van der Waals surface area contributed by atoms with E-state index in [-0.39, 0.29) is 29.1 Å². The molecule has 2 aliphatic heterocycles. The monoisotopic (exact) mass is 290 g/mol. The number of rotatable bonds is 1. The Morgan fingerprint density at radius 1 is 1.33 bits per heavy atom. The van der Waals surface area contributed by atoms with E-state index >= 15 is 0 Å². The molecule has 1 N–H and O–H groups in total. The SMILES string of the molecule is Cn1nc(C(=O)N2CCC3NC(=O)CCC3C2)ccc1=O. The molecule has 0 aliphatic carbocycles. The maximum Gasteiger partial charge on any atom is 0.274 e. The minimum absolute atomic E-state index is 0.107. The van der Waals surface area contributed by atoms with Crippen molar-refractivity contribution in [3.05, 3.63) is 28.2 Å². The summed E-state index contributed by atoms with van der Waals surface area (Å²) in [6.07, 6.45) is 2.12. The topological polar surface area (TPSA) is 84.3 Å². The Labute approximate surface area is 121 Å². The summed E-state index contributed by atoms with van der Waals surface area (Å²) in [6.45, 7) is 1.24. The summed E-state index contributed by atoms with van der Waals surface area (Å²) in [5.41, 5.74) is 0.0515. The van der Waals surface area contributed by atoms with Gasteiger partial charge in [-0.25, -0.2) is 4.68 Å². The van der Waals surface area contributed by atoms with Crippen molar-refractivity contribution in [3.63, 3.8) is 0 Å². The number of nitrogens with zero attached hydrogens (tertiary/aromatic N) is 3. The van der Waals surface area contributed by atoms with E-state index in [2.05, 4.69) is 10.4 Å². The lowest BCUT2D eigenvalue weighted by atomic mass is 9.85. The van der Waals surface area contributed by atoms with Gasteiger partial charge >= 0.3 is 0 Å². The average Bonchev–Trinajstić information content (AvgIpc) is 2.49. The molecule has 2 amide bonds. The van der Waals surface area contributed by atoms with Crippen LogP contribution in [0.3, 0.4) is 0 Å². The lowest BCUT2D eigenvalue weighted by Crippen LogP contribution is -2.55. The van der Waals surface area contributed by atoms with Crippen LogP contribution in [0.5, 0.6) is 0 Å². The van der Waals surface area contributed by atoms with Crippen molar-refractivity contribution >= 4 is 11.8 Å². The number of carbonyl (C=O) groups is 2. The molecule has 0 radical (unpaired) electrons. The molecule has 0 aromatic carbocycles. The highest BCUT2D eigenvalue weighted by atomic mass is 16.2. The Bertz CT molecular complexity index is 639. The second kappa shape index (κ2) is 5.31. The number of hydrogen-bond donors (Lipinski definition) is 1. The molecule has 0 bridgehead atoms. The highest BCUT2D eigenvalue weighted by Crippen LogP contribution is 2.25. The molecule has 2 fully saturated rings. The number of hydrogen-bond acceptors (Lipinski definition) is 4. The van der Waals surface area contributed by atoms with Crippen molar-refractivity contribution in [2.75, 3.05) is 13.1 Å². The largest absolute Gasteiger partial charge is 0.353 e. The van der Waals surface area contributed by atoms with Crippen LogP contribution in [-0.4, -0.2) is 45.6 Å². The summed E-state index contributed by atoms with van der Waals surface area (Å²) in [5.74, 6) is 0.268. The fourth-order valence-corrected chi connectivity index (χ4v) is 3.07. The predicted octanol–water partition coefficient (Wildman–Crippen LogP) is -0.479. The van der Waals surface area contributed by atoms with E-state index in [1.165, 1.54) is 23.9 Å². The molecule has 0 spiro atoms. The molecule has 2 atom stereocenters. The van der Waals surface area contributed by atoms with Crippen LogP contribution in [0.15, 0.2) is 16.9 Å². The molecular weight excluding hydrogens is 272 g/mol. The van der Waals surface area contributed by atoms with Crippen LogP contribution >= 0.6 is 0 Å². The highest BCUT2D eigenvalue weighted by molar-refractivity contribution is 5.92. The third-order valence-corrected chi connectivity index (χ3v) is 4.29. The van der Waals surface area contributed by atoms with Crippen molar-refractivity contribution in [3.8, 4) is 0 Å². The molecule has 7 heteroatoms. The first-order valence-electron chi connectivity index (χ1n) is 7.17. The van der Waals surface area contributed by atoms with E-state index in [9.17, 15) is 14.4 Å². The maximum atomic E-state index is 12.5. The van der Waals surface area contributed by atoms with Gasteiger partial charge in [-0.15, -0.1) is 0 Å².